The molecule has 0 amide bonds. The number of aliphatic carboxylic acids is 1. The van der Waals surface area contributed by atoms with Gasteiger partial charge in [-0.2, -0.15) is 0 Å². The first kappa shape index (κ1) is 11.7. The molecule has 0 bridgehead atoms. The molecule has 6 heteroatoms. The summed E-state index contributed by atoms with van der Waals surface area (Å²) in [5.41, 5.74) is 2.11. The Labute approximate surface area is 109 Å². The highest BCUT2D eigenvalue weighted by Gasteiger charge is 2.15. The predicted molar refractivity (Wildman–Crippen MR) is 70.1 cm³/mol. The van der Waals surface area contributed by atoms with Crippen molar-refractivity contribution < 1.29 is 9.90 Å². The van der Waals surface area contributed by atoms with E-state index in [0.29, 0.717) is 12.2 Å². The number of para-hydroxylation sites is 2. The van der Waals surface area contributed by atoms with Crippen LogP contribution >= 0.6 is 0 Å². The predicted octanol–water partition coefficient (Wildman–Crippen LogP) is 1.72. The Balaban J connectivity index is 2.23. The second-order valence-electron chi connectivity index (χ2n) is 4.38. The number of carboxylic acids is 1. The van der Waals surface area contributed by atoms with Gasteiger partial charge < -0.3 is 9.67 Å². The summed E-state index contributed by atoms with van der Waals surface area (Å²) in [5, 5.41) is 17.1. The summed E-state index contributed by atoms with van der Waals surface area (Å²) in [6.07, 6.45) is 0.445. The zero-order valence-corrected chi connectivity index (χ0v) is 10.6. The van der Waals surface area contributed by atoms with Crippen LogP contribution in [0.1, 0.15) is 19.2 Å². The van der Waals surface area contributed by atoms with Crippen molar-refractivity contribution in [2.75, 3.05) is 0 Å². The number of benzene rings is 1. The molecular weight excluding hydrogens is 244 g/mol. The van der Waals surface area contributed by atoms with Gasteiger partial charge >= 0.3 is 5.97 Å². The molecule has 0 aliphatic carbocycles. The molecule has 0 atom stereocenters. The molecule has 0 radical (unpaired) electrons. The maximum absolute atomic E-state index is 10.7. The van der Waals surface area contributed by atoms with Crippen molar-refractivity contribution in [2.45, 2.75) is 26.3 Å². The van der Waals surface area contributed by atoms with Crippen molar-refractivity contribution in [3.8, 4) is 0 Å². The minimum Gasteiger partial charge on any atom is -0.481 e. The Bertz CT molecular complexity index is 757. The summed E-state index contributed by atoms with van der Waals surface area (Å²) < 4.78 is 4.02. The summed E-state index contributed by atoms with van der Waals surface area (Å²) in [6, 6.07) is 7.98. The zero-order chi connectivity index (χ0) is 13.4. The molecule has 2 aromatic heterocycles. The van der Waals surface area contributed by atoms with E-state index in [1.807, 2.05) is 28.7 Å². The van der Waals surface area contributed by atoms with Gasteiger partial charge in [0.2, 0.25) is 5.78 Å². The van der Waals surface area contributed by atoms with Gasteiger partial charge in [0.1, 0.15) is 5.82 Å². The summed E-state index contributed by atoms with van der Waals surface area (Å²) in [4.78, 5) is 10.7. The Morgan fingerprint density at radius 1 is 1.26 bits per heavy atom. The molecule has 0 saturated heterocycles. The highest BCUT2D eigenvalue weighted by molar-refractivity contribution is 5.81. The standard InChI is InChI=1S/C13H14N4O2/c1-2-16-9-5-3-4-6-10(9)17-11(7-8-12(18)19)14-15-13(16)17/h3-6H,2,7-8H2,1H3,(H,18,19). The molecule has 0 unspecified atom stereocenters. The van der Waals surface area contributed by atoms with Crippen molar-refractivity contribution >= 4 is 22.8 Å². The van der Waals surface area contributed by atoms with Crippen LogP contribution in [0.5, 0.6) is 0 Å². The molecule has 1 aromatic carbocycles. The van der Waals surface area contributed by atoms with Crippen LogP contribution in [0.2, 0.25) is 0 Å². The third kappa shape index (κ3) is 1.76. The van der Waals surface area contributed by atoms with Crippen LogP contribution in [-0.2, 0) is 17.8 Å². The van der Waals surface area contributed by atoms with Gasteiger partial charge in [0.15, 0.2) is 0 Å². The monoisotopic (exact) mass is 258 g/mol. The Kier molecular flexibility index (Phi) is 2.70. The minimum absolute atomic E-state index is 0.0619. The van der Waals surface area contributed by atoms with Crippen LogP contribution in [0.4, 0.5) is 0 Å². The molecule has 3 aromatic rings. The van der Waals surface area contributed by atoms with Crippen LogP contribution < -0.4 is 0 Å². The fourth-order valence-electron chi connectivity index (χ4n) is 2.41. The van der Waals surface area contributed by atoms with Crippen molar-refractivity contribution in [1.29, 1.82) is 0 Å². The Hall–Kier alpha value is -2.37. The molecule has 2 heterocycles. The maximum atomic E-state index is 10.7. The number of aryl methyl sites for hydroxylation is 2. The van der Waals surface area contributed by atoms with E-state index in [2.05, 4.69) is 21.7 Å². The van der Waals surface area contributed by atoms with Gasteiger partial charge in [0.25, 0.3) is 0 Å². The fraction of sp³-hybridized carbons (Fsp3) is 0.308. The molecule has 0 fully saturated rings. The van der Waals surface area contributed by atoms with Crippen molar-refractivity contribution in [3.05, 3.63) is 30.1 Å². The van der Waals surface area contributed by atoms with E-state index in [9.17, 15) is 4.79 Å². The number of aromatic nitrogens is 4. The summed E-state index contributed by atoms with van der Waals surface area (Å²) in [7, 11) is 0. The number of carbonyl (C=O) groups is 1. The lowest BCUT2D eigenvalue weighted by atomic mass is 10.3. The molecule has 3 rings (SSSR count). The average Bonchev–Trinajstić information content (AvgIpc) is 2.94. The SMILES string of the molecule is CCn1c2ccccc2n2c(CCC(=O)O)nnc12. The van der Waals surface area contributed by atoms with E-state index >= 15 is 0 Å². The van der Waals surface area contributed by atoms with Crippen molar-refractivity contribution in [1.82, 2.24) is 19.2 Å². The van der Waals surface area contributed by atoms with Crippen LogP contribution in [0.15, 0.2) is 24.3 Å². The molecule has 0 saturated carbocycles. The van der Waals surface area contributed by atoms with Gasteiger partial charge in [-0.3, -0.25) is 9.20 Å². The van der Waals surface area contributed by atoms with Gasteiger partial charge in [-0.25, -0.2) is 0 Å². The highest BCUT2D eigenvalue weighted by atomic mass is 16.4. The van der Waals surface area contributed by atoms with Gasteiger partial charge in [-0.1, -0.05) is 12.1 Å². The number of carboxylic acid groups (broad SMARTS) is 1. The van der Waals surface area contributed by atoms with E-state index in [-0.39, 0.29) is 6.42 Å². The normalized spacial score (nSPS) is 11.4. The van der Waals surface area contributed by atoms with Crippen molar-refractivity contribution in [2.24, 2.45) is 0 Å². The van der Waals surface area contributed by atoms with Gasteiger partial charge in [-0.05, 0) is 19.1 Å². The first-order chi connectivity index (χ1) is 9.22. The molecular formula is C13H14N4O2. The van der Waals surface area contributed by atoms with Crippen LogP contribution in [0.25, 0.3) is 16.8 Å². The average molecular weight is 258 g/mol. The summed E-state index contributed by atoms with van der Waals surface area (Å²) in [5.74, 6) is 0.640. The first-order valence-electron chi connectivity index (χ1n) is 6.25. The lowest BCUT2D eigenvalue weighted by molar-refractivity contribution is -0.137. The molecule has 1 N–H and O–H groups in total. The summed E-state index contributed by atoms with van der Waals surface area (Å²) in [6.45, 7) is 2.85. The smallest absolute Gasteiger partial charge is 0.303 e. The van der Waals surface area contributed by atoms with E-state index in [4.69, 9.17) is 5.11 Å². The van der Waals surface area contributed by atoms with E-state index < -0.39 is 5.97 Å². The number of hydrogen-bond donors (Lipinski definition) is 1. The number of rotatable bonds is 4. The third-order valence-corrected chi connectivity index (χ3v) is 3.25. The largest absolute Gasteiger partial charge is 0.481 e. The second kappa shape index (κ2) is 4.38. The van der Waals surface area contributed by atoms with Crippen LogP contribution in [0.3, 0.4) is 0 Å². The van der Waals surface area contributed by atoms with E-state index in [1.54, 1.807) is 0 Å². The van der Waals surface area contributed by atoms with Gasteiger partial charge in [-0.15, -0.1) is 10.2 Å². The summed E-state index contributed by atoms with van der Waals surface area (Å²) >= 11 is 0. The maximum Gasteiger partial charge on any atom is 0.303 e. The van der Waals surface area contributed by atoms with Gasteiger partial charge in [0.05, 0.1) is 17.5 Å². The van der Waals surface area contributed by atoms with Crippen LogP contribution in [-0.4, -0.2) is 30.2 Å². The second-order valence-corrected chi connectivity index (χ2v) is 4.38. The van der Waals surface area contributed by atoms with Crippen LogP contribution in [0, 0.1) is 0 Å². The number of hydrogen-bond acceptors (Lipinski definition) is 3. The molecule has 0 aliphatic heterocycles. The molecule has 0 spiro atoms. The van der Waals surface area contributed by atoms with E-state index in [1.165, 1.54) is 0 Å². The lowest BCUT2D eigenvalue weighted by Gasteiger charge is -1.97. The molecule has 19 heavy (non-hydrogen) atoms. The number of imidazole rings is 1. The quantitative estimate of drug-likeness (QED) is 0.773. The Morgan fingerprint density at radius 3 is 2.68 bits per heavy atom. The van der Waals surface area contributed by atoms with Gasteiger partial charge in [0, 0.05) is 13.0 Å². The van der Waals surface area contributed by atoms with Crippen molar-refractivity contribution in [3.63, 3.8) is 0 Å². The topological polar surface area (TPSA) is 72.4 Å². The fourth-order valence-corrected chi connectivity index (χ4v) is 2.41. The minimum atomic E-state index is -0.823. The highest BCUT2D eigenvalue weighted by Crippen LogP contribution is 2.21. The third-order valence-electron chi connectivity index (χ3n) is 3.25. The molecule has 0 aliphatic rings. The lowest BCUT2D eigenvalue weighted by Crippen LogP contribution is -2.01. The molecule has 98 valence electrons. The number of fused-ring (bicyclic) bond motifs is 3. The Morgan fingerprint density at radius 2 is 2.00 bits per heavy atom. The van der Waals surface area contributed by atoms with E-state index in [0.717, 1.165) is 23.4 Å². The molecule has 6 nitrogen and oxygen atoms in total. The number of nitrogens with zero attached hydrogens (tertiary/aromatic N) is 4. The first-order valence-corrected chi connectivity index (χ1v) is 6.25. The zero-order valence-electron chi connectivity index (χ0n) is 10.6.